The van der Waals surface area contributed by atoms with Crippen LogP contribution in [0.15, 0.2) is 36.8 Å². The second-order valence-corrected chi connectivity index (χ2v) is 5.87. The molecule has 1 aliphatic rings. The molecule has 0 aliphatic carbocycles. The van der Waals surface area contributed by atoms with E-state index in [9.17, 15) is 0 Å². The van der Waals surface area contributed by atoms with Crippen molar-refractivity contribution in [3.05, 3.63) is 42.4 Å². The number of nitrogens with zero attached hydrogens (tertiary/aromatic N) is 5. The van der Waals surface area contributed by atoms with Crippen molar-refractivity contribution < 1.29 is 0 Å². The second-order valence-electron chi connectivity index (χ2n) is 5.87. The van der Waals surface area contributed by atoms with E-state index in [2.05, 4.69) is 44.3 Å². The molecule has 1 fully saturated rings. The van der Waals surface area contributed by atoms with Gasteiger partial charge in [-0.15, -0.1) is 0 Å². The van der Waals surface area contributed by atoms with Crippen molar-refractivity contribution in [2.45, 2.75) is 13.3 Å². The van der Waals surface area contributed by atoms with E-state index in [1.54, 1.807) is 6.33 Å². The smallest absolute Gasteiger partial charge is 0.168 e. The minimum Gasteiger partial charge on any atom is -0.355 e. The summed E-state index contributed by atoms with van der Waals surface area (Å²) >= 11 is 0. The lowest BCUT2D eigenvalue weighted by Gasteiger charge is -2.21. The molecule has 1 N–H and O–H groups in total. The molecular formula is C17H20N6. The molecule has 3 aromatic rings. The predicted molar refractivity (Wildman–Crippen MR) is 91.1 cm³/mol. The maximum absolute atomic E-state index is 4.58. The second kappa shape index (κ2) is 5.96. The third kappa shape index (κ3) is 2.55. The molecule has 118 valence electrons. The lowest BCUT2D eigenvalue weighted by molar-refractivity contribution is 0.724. The Labute approximate surface area is 135 Å². The third-order valence-electron chi connectivity index (χ3n) is 4.33. The van der Waals surface area contributed by atoms with Crippen molar-refractivity contribution >= 4 is 16.9 Å². The van der Waals surface area contributed by atoms with Crippen LogP contribution >= 0.6 is 0 Å². The topological polar surface area (TPSA) is 58.9 Å². The molecule has 0 bridgehead atoms. The first-order valence-corrected chi connectivity index (χ1v) is 8.05. The number of para-hydroxylation sites is 1. The molecular weight excluding hydrogens is 288 g/mol. The number of benzene rings is 1. The summed E-state index contributed by atoms with van der Waals surface area (Å²) in [6.07, 6.45) is 4.65. The fraction of sp³-hybridized carbons (Fsp3) is 0.353. The highest BCUT2D eigenvalue weighted by molar-refractivity contribution is 5.87. The van der Waals surface area contributed by atoms with Gasteiger partial charge in [-0.3, -0.25) is 0 Å². The summed E-state index contributed by atoms with van der Waals surface area (Å²) in [6.45, 7) is 6.10. The molecule has 6 heteroatoms. The Kier molecular flexibility index (Phi) is 3.67. The average molecular weight is 308 g/mol. The molecule has 23 heavy (non-hydrogen) atoms. The van der Waals surface area contributed by atoms with E-state index in [1.807, 2.05) is 23.0 Å². The predicted octanol–water partition coefficient (Wildman–Crippen LogP) is 1.92. The van der Waals surface area contributed by atoms with Gasteiger partial charge in [-0.1, -0.05) is 18.2 Å². The van der Waals surface area contributed by atoms with Crippen LogP contribution in [0.5, 0.6) is 0 Å². The van der Waals surface area contributed by atoms with Crippen LogP contribution in [0, 0.1) is 6.92 Å². The minimum absolute atomic E-state index is 0.863. The summed E-state index contributed by atoms with van der Waals surface area (Å²) < 4.78 is 1.91. The molecule has 1 aromatic carbocycles. The van der Waals surface area contributed by atoms with E-state index < -0.39 is 0 Å². The molecule has 6 nitrogen and oxygen atoms in total. The van der Waals surface area contributed by atoms with Gasteiger partial charge in [0.05, 0.1) is 17.3 Å². The number of rotatable bonds is 2. The summed E-state index contributed by atoms with van der Waals surface area (Å²) in [7, 11) is 0. The molecule has 3 heterocycles. The highest BCUT2D eigenvalue weighted by atomic mass is 15.3. The summed E-state index contributed by atoms with van der Waals surface area (Å²) in [6, 6.07) is 8.22. The minimum atomic E-state index is 0.863. The normalized spacial score (nSPS) is 15.8. The van der Waals surface area contributed by atoms with Gasteiger partial charge in [0.25, 0.3) is 0 Å². The fourth-order valence-corrected chi connectivity index (χ4v) is 3.12. The van der Waals surface area contributed by atoms with Crippen molar-refractivity contribution in [1.82, 2.24) is 25.1 Å². The Morgan fingerprint density at radius 3 is 2.91 bits per heavy atom. The molecule has 1 saturated heterocycles. The van der Waals surface area contributed by atoms with E-state index in [-0.39, 0.29) is 0 Å². The molecule has 0 saturated carbocycles. The van der Waals surface area contributed by atoms with E-state index in [0.717, 1.165) is 55.1 Å². The Hall–Kier alpha value is -2.47. The largest absolute Gasteiger partial charge is 0.355 e. The zero-order valence-electron chi connectivity index (χ0n) is 13.2. The van der Waals surface area contributed by atoms with Gasteiger partial charge in [0.1, 0.15) is 12.1 Å². The fourth-order valence-electron chi connectivity index (χ4n) is 3.12. The quantitative estimate of drug-likeness (QED) is 0.784. The van der Waals surface area contributed by atoms with Crippen LogP contribution in [-0.4, -0.2) is 45.9 Å². The lowest BCUT2D eigenvalue weighted by atomic mass is 10.2. The van der Waals surface area contributed by atoms with Gasteiger partial charge in [0.2, 0.25) is 0 Å². The van der Waals surface area contributed by atoms with E-state index in [1.165, 1.54) is 5.56 Å². The van der Waals surface area contributed by atoms with Gasteiger partial charge in [-0.05, 0) is 31.5 Å². The summed E-state index contributed by atoms with van der Waals surface area (Å²) in [5, 5.41) is 9.02. The number of anilines is 1. The zero-order valence-corrected chi connectivity index (χ0v) is 13.2. The highest BCUT2D eigenvalue weighted by Crippen LogP contribution is 2.25. The van der Waals surface area contributed by atoms with Crippen LogP contribution in [0.4, 0.5) is 5.82 Å². The number of aryl methyl sites for hydroxylation is 1. The van der Waals surface area contributed by atoms with Gasteiger partial charge in [0, 0.05) is 19.6 Å². The molecule has 2 aromatic heterocycles. The number of hydrogen-bond donors (Lipinski definition) is 1. The van der Waals surface area contributed by atoms with Gasteiger partial charge < -0.3 is 10.2 Å². The molecule has 4 rings (SSSR count). The summed E-state index contributed by atoms with van der Waals surface area (Å²) in [5.74, 6) is 0.985. The molecule has 0 amide bonds. The monoisotopic (exact) mass is 308 g/mol. The van der Waals surface area contributed by atoms with Crippen molar-refractivity contribution in [1.29, 1.82) is 0 Å². The number of fused-ring (bicyclic) bond motifs is 1. The van der Waals surface area contributed by atoms with Gasteiger partial charge in [-0.25, -0.2) is 14.6 Å². The van der Waals surface area contributed by atoms with Crippen LogP contribution < -0.4 is 10.2 Å². The lowest BCUT2D eigenvalue weighted by Crippen LogP contribution is -2.28. The van der Waals surface area contributed by atoms with Crippen molar-refractivity contribution in [3.63, 3.8) is 0 Å². The van der Waals surface area contributed by atoms with Gasteiger partial charge >= 0.3 is 0 Å². The van der Waals surface area contributed by atoms with Crippen LogP contribution in [-0.2, 0) is 0 Å². The SMILES string of the molecule is Cc1ccccc1-n1ncc2c(N3CCCNCC3)ncnc21. The first kappa shape index (κ1) is 14.1. The van der Waals surface area contributed by atoms with Crippen molar-refractivity contribution in [3.8, 4) is 5.69 Å². The number of nitrogens with one attached hydrogen (secondary N) is 1. The van der Waals surface area contributed by atoms with Crippen molar-refractivity contribution in [2.75, 3.05) is 31.1 Å². The maximum Gasteiger partial charge on any atom is 0.168 e. The number of hydrogen-bond acceptors (Lipinski definition) is 5. The molecule has 0 unspecified atom stereocenters. The van der Waals surface area contributed by atoms with Crippen LogP contribution in [0.2, 0.25) is 0 Å². The Bertz CT molecular complexity index is 817. The van der Waals surface area contributed by atoms with E-state index in [4.69, 9.17) is 0 Å². The van der Waals surface area contributed by atoms with E-state index >= 15 is 0 Å². The molecule has 0 atom stereocenters. The van der Waals surface area contributed by atoms with Gasteiger partial charge in [0.15, 0.2) is 5.65 Å². The standard InChI is InChI=1S/C17H20N6/c1-13-5-2-3-6-15(13)23-17-14(11-21-23)16(19-12-20-17)22-9-4-7-18-8-10-22/h2-3,5-6,11-12,18H,4,7-10H2,1H3. The Morgan fingerprint density at radius 2 is 2.00 bits per heavy atom. The van der Waals surface area contributed by atoms with Crippen molar-refractivity contribution in [2.24, 2.45) is 0 Å². The average Bonchev–Trinajstić information content (AvgIpc) is 2.82. The maximum atomic E-state index is 4.58. The van der Waals surface area contributed by atoms with Crippen LogP contribution in [0.3, 0.4) is 0 Å². The first-order chi connectivity index (χ1) is 11.3. The summed E-state index contributed by atoms with van der Waals surface area (Å²) in [5.41, 5.74) is 3.10. The zero-order chi connectivity index (χ0) is 15.6. The highest BCUT2D eigenvalue weighted by Gasteiger charge is 2.17. The van der Waals surface area contributed by atoms with E-state index in [0.29, 0.717) is 0 Å². The molecule has 0 spiro atoms. The third-order valence-corrected chi connectivity index (χ3v) is 4.33. The molecule has 1 aliphatic heterocycles. The first-order valence-electron chi connectivity index (χ1n) is 8.05. The molecule has 0 radical (unpaired) electrons. The Balaban J connectivity index is 1.82. The summed E-state index contributed by atoms with van der Waals surface area (Å²) in [4.78, 5) is 11.3. The van der Waals surface area contributed by atoms with Gasteiger partial charge in [-0.2, -0.15) is 5.10 Å². The number of aromatic nitrogens is 4. The Morgan fingerprint density at radius 1 is 1.09 bits per heavy atom. The van der Waals surface area contributed by atoms with Crippen LogP contribution in [0.1, 0.15) is 12.0 Å². The van der Waals surface area contributed by atoms with Crippen LogP contribution in [0.25, 0.3) is 16.7 Å².